The molecule has 0 unspecified atom stereocenters. The largest absolute Gasteiger partial charge is 0.497 e. The van der Waals surface area contributed by atoms with Gasteiger partial charge in [-0.25, -0.2) is 62.2 Å². The number of sulfone groups is 4. The number of esters is 1. The van der Waals surface area contributed by atoms with Gasteiger partial charge in [0.15, 0.2) is 44.4 Å². The van der Waals surface area contributed by atoms with E-state index in [0.717, 1.165) is 142 Å². The average Bonchev–Trinajstić information content (AvgIpc) is 1.71. The lowest BCUT2D eigenvalue weighted by Gasteiger charge is -2.28. The zero-order valence-electron chi connectivity index (χ0n) is 66.4. The quantitative estimate of drug-likeness (QED) is 0.0351. The Balaban J connectivity index is 0.000000181. The third kappa shape index (κ3) is 27.7. The van der Waals surface area contributed by atoms with Crippen molar-refractivity contribution in [2.75, 3.05) is 45.8 Å². The van der Waals surface area contributed by atoms with E-state index >= 15 is 0 Å². The number of nitrogens with zero attached hydrogens (tertiary/aromatic N) is 8. The van der Waals surface area contributed by atoms with Gasteiger partial charge in [-0.2, -0.15) is 18.4 Å². The number of ether oxygens (including phenoxy) is 3. The number of benzene rings is 6. The molecule has 28 nitrogen and oxygen atoms in total. The number of aromatic carboxylic acids is 2. The Morgan fingerprint density at radius 2 is 0.731 bits per heavy atom. The molecule has 0 amide bonds. The minimum atomic E-state index is -5.08. The molecule has 119 heavy (non-hydrogen) atoms. The number of hydrogen-bond acceptors (Lipinski definition) is 25. The Morgan fingerprint density at radius 3 is 1.02 bits per heavy atom. The monoisotopic (exact) mass is 1780 g/mol. The van der Waals surface area contributed by atoms with E-state index in [2.05, 4.69) is 36.0 Å². The highest BCUT2D eigenvalue weighted by Gasteiger charge is 2.39. The van der Waals surface area contributed by atoms with Crippen molar-refractivity contribution in [3.8, 4) is 11.5 Å². The van der Waals surface area contributed by atoms with Gasteiger partial charge in [-0.15, -0.1) is 43.9 Å². The van der Waals surface area contributed by atoms with Crippen LogP contribution < -0.4 is 9.47 Å². The molecule has 4 aliphatic carbocycles. The number of aliphatic hydroxyl groups is 1. The number of carboxylic acids is 3. The van der Waals surface area contributed by atoms with Gasteiger partial charge < -0.3 is 34.6 Å². The summed E-state index contributed by atoms with van der Waals surface area (Å²) in [4.78, 5) is 45.7. The Labute approximate surface area is 702 Å². The summed E-state index contributed by atoms with van der Waals surface area (Å²) in [5, 5.41) is 64.3. The molecule has 13 rings (SSSR count). The van der Waals surface area contributed by atoms with Crippen molar-refractivity contribution in [2.24, 2.45) is 0 Å². The number of aromatic nitrogens is 9. The second-order valence-corrected chi connectivity index (χ2v) is 41.2. The summed E-state index contributed by atoms with van der Waals surface area (Å²) in [6.07, 6.45) is 14.9. The topological polar surface area (TPSA) is 416 Å². The van der Waals surface area contributed by atoms with Crippen LogP contribution in [0.1, 0.15) is 198 Å². The lowest BCUT2D eigenvalue weighted by Crippen LogP contribution is -2.21. The zero-order valence-corrected chi connectivity index (χ0v) is 72.1. The van der Waals surface area contributed by atoms with Crippen molar-refractivity contribution in [3.05, 3.63) is 196 Å². The Morgan fingerprint density at radius 1 is 0.437 bits per heavy atom. The first-order valence-electron chi connectivity index (χ1n) is 38.1. The molecule has 642 valence electrons. The first-order valence-corrected chi connectivity index (χ1v) is 48.3. The predicted molar refractivity (Wildman–Crippen MR) is 442 cm³/mol. The van der Waals surface area contributed by atoms with Gasteiger partial charge in [0.1, 0.15) is 21.6 Å². The molecule has 4 saturated carbocycles. The third-order valence-corrected chi connectivity index (χ3v) is 29.4. The molecule has 0 atom stereocenters. The van der Waals surface area contributed by atoms with Crippen LogP contribution in [0.3, 0.4) is 0 Å². The molecule has 0 spiro atoms. The van der Waals surface area contributed by atoms with E-state index in [1.165, 1.54) is 59.7 Å². The van der Waals surface area contributed by atoms with Crippen molar-refractivity contribution in [1.82, 2.24) is 45.4 Å². The van der Waals surface area contributed by atoms with E-state index in [1.54, 1.807) is 90.8 Å². The van der Waals surface area contributed by atoms with Gasteiger partial charge in [0, 0.05) is 40.8 Å². The molecule has 6 aromatic carbocycles. The summed E-state index contributed by atoms with van der Waals surface area (Å²) in [7, 11) is -9.42. The normalized spacial score (nSPS) is 19.6. The van der Waals surface area contributed by atoms with Crippen molar-refractivity contribution in [2.45, 2.75) is 209 Å². The number of thioether (sulfide) groups is 3. The molecule has 4 fully saturated rings. The summed E-state index contributed by atoms with van der Waals surface area (Å²) < 4.78 is 143. The highest BCUT2D eigenvalue weighted by Crippen LogP contribution is 2.45. The highest BCUT2D eigenvalue weighted by atomic mass is 32.2. The average molecular weight is 1780 g/mol. The maximum atomic E-state index is 12.6. The smallest absolute Gasteiger partial charge is 0.490 e. The fourth-order valence-electron chi connectivity index (χ4n) is 14.1. The molecule has 0 aliphatic heterocycles. The van der Waals surface area contributed by atoms with E-state index < -0.39 is 69.4 Å². The predicted octanol–water partition coefficient (Wildman–Crippen LogP) is 14.5. The number of alkyl halides is 3. The summed E-state index contributed by atoms with van der Waals surface area (Å²) in [6.45, 7) is 2.96. The van der Waals surface area contributed by atoms with E-state index in [4.69, 9.17) is 29.2 Å². The number of aliphatic hydroxyl groups excluding tert-OH is 1. The fraction of sp³-hybridized carbons (Fsp3) is 0.432. The lowest BCUT2D eigenvalue weighted by atomic mass is 9.83. The fourth-order valence-corrected chi connectivity index (χ4v) is 20.4. The van der Waals surface area contributed by atoms with Crippen LogP contribution in [0.15, 0.2) is 180 Å². The number of carboxylic acid groups (broad SMARTS) is 3. The lowest BCUT2D eigenvalue weighted by molar-refractivity contribution is -0.192. The Bertz CT molecular complexity index is 5340. The number of halogens is 3. The Hall–Kier alpha value is -9.18. The van der Waals surface area contributed by atoms with Gasteiger partial charge in [-0.3, -0.25) is 0 Å². The van der Waals surface area contributed by atoms with E-state index in [9.17, 15) is 71.4 Å². The maximum Gasteiger partial charge on any atom is 0.490 e. The van der Waals surface area contributed by atoms with Crippen LogP contribution in [0.2, 0.25) is 0 Å². The summed E-state index contributed by atoms with van der Waals surface area (Å²) in [5.74, 6) is -2.21. The van der Waals surface area contributed by atoms with Crippen LogP contribution in [0.5, 0.6) is 11.5 Å². The summed E-state index contributed by atoms with van der Waals surface area (Å²) in [6, 6.07) is 44.0. The number of hydrogen-bond donors (Lipinski definition) is 5. The number of carbonyl (C=O) groups excluding carboxylic acids is 1. The van der Waals surface area contributed by atoms with Gasteiger partial charge in [-0.1, -0.05) is 95.0 Å². The Kier molecular flexibility index (Phi) is 33.3. The summed E-state index contributed by atoms with van der Waals surface area (Å²) in [5.41, 5.74) is 6.88. The second kappa shape index (κ2) is 42.4. The molecule has 3 aromatic heterocycles. The molecule has 0 radical (unpaired) electrons. The van der Waals surface area contributed by atoms with Gasteiger partial charge in [-0.05, 0) is 240 Å². The van der Waals surface area contributed by atoms with Gasteiger partial charge >= 0.3 is 30.1 Å². The molecule has 5 N–H and O–H groups in total. The number of carbonyl (C=O) groups is 4. The molecule has 38 heteroatoms. The molecule has 3 heterocycles. The van der Waals surface area contributed by atoms with Crippen molar-refractivity contribution >= 4 is 98.5 Å². The van der Waals surface area contributed by atoms with Crippen LogP contribution >= 0.6 is 35.3 Å². The molecule has 0 bridgehead atoms. The first kappa shape index (κ1) is 93.7. The van der Waals surface area contributed by atoms with Gasteiger partial charge in [0.05, 0.1) is 59.6 Å². The van der Waals surface area contributed by atoms with Crippen molar-refractivity contribution < 1.29 is 101 Å². The SMILES string of the molecule is CCOC(=O)c1nnn(Cc2ccc(OC)cc2)c1SC1CCC(c2ccc(S(C)(=O)=O)cc2)CC1.COc1ccc(Cn2nnc(C(=O)O)c2SC2CCC(c3ccc(S(C)(=O)=O)cc3)CC2)cc1.CS(=O)(=O)c1ccc(C2CCC(O)CC2)cc1.CS(=O)(=O)c1ccc(C2CCC(Sc3n[nH]nc3C(=O)O)CC2)cc1.O=C(O)C(F)(F)F. The molecule has 9 aromatic rings. The van der Waals surface area contributed by atoms with Crippen LogP contribution in [-0.2, 0) is 62.0 Å². The van der Waals surface area contributed by atoms with E-state index in [1.807, 2.05) is 97.1 Å². The number of methoxy groups -OCH3 is 2. The number of rotatable bonds is 24. The van der Waals surface area contributed by atoms with Crippen LogP contribution in [0.4, 0.5) is 13.2 Å². The number of H-pyrrole nitrogens is 1. The first-order chi connectivity index (χ1) is 56.3. The van der Waals surface area contributed by atoms with Crippen LogP contribution in [0, 0.1) is 0 Å². The van der Waals surface area contributed by atoms with Crippen molar-refractivity contribution in [3.63, 3.8) is 0 Å². The van der Waals surface area contributed by atoms with E-state index in [0.29, 0.717) is 76.9 Å². The number of aromatic amines is 1. The van der Waals surface area contributed by atoms with E-state index in [-0.39, 0.29) is 35.0 Å². The number of aliphatic carboxylic acids is 1. The zero-order chi connectivity index (χ0) is 86.6. The third-order valence-electron chi connectivity index (χ3n) is 20.7. The van der Waals surface area contributed by atoms with Crippen LogP contribution in [0.25, 0.3) is 0 Å². The molecular weight excluding hydrogens is 1680 g/mol. The minimum Gasteiger partial charge on any atom is -0.497 e. The highest BCUT2D eigenvalue weighted by molar-refractivity contribution is 8.00. The van der Waals surface area contributed by atoms with Crippen LogP contribution in [-0.4, -0.2) is 197 Å². The van der Waals surface area contributed by atoms with Crippen molar-refractivity contribution in [1.29, 1.82) is 0 Å². The maximum absolute atomic E-state index is 12.6. The van der Waals surface area contributed by atoms with Gasteiger partial charge in [0.25, 0.3) is 0 Å². The molecule has 0 saturated heterocycles. The number of nitrogens with one attached hydrogen (secondary N) is 1. The summed E-state index contributed by atoms with van der Waals surface area (Å²) >= 11 is 4.64. The second-order valence-electron chi connectivity index (χ2n) is 29.3. The molecule has 4 aliphatic rings. The van der Waals surface area contributed by atoms with Gasteiger partial charge in [0.2, 0.25) is 17.1 Å². The molecular formula is C81H96F3N9O19S7. The minimum absolute atomic E-state index is 0.0167. The standard InChI is InChI=1S/C26H31N3O5S2.C24H27N3O5S2.C16H19N3O4S2.C13H18O3S.C2HF3O2/c1-4-34-26(30)24-25(29(28-27-24)17-18-5-11-21(33-2)12-6-18)35-22-13-7-19(8-14-22)20-9-15-23(16-10-20)36(3,31)32;1-32-19-9-3-16(4-10-19)15-27-23(22(24(28)29)25-26-27)33-20-11-5-17(6-12-20)18-7-13-21(14-8-18)34(2,30)31;1-25(22,23)13-8-4-11(5-9-13)10-2-6-12(7-3-10)24-15-14(16(20)21)17-19-18-15;1-17(15,16)13-8-4-11(5-9-13)10-2-6-12(14)7-3-10;3-2(4,5)1(6)7/h5-6,9-12,15-16,19,22H,4,7-8,13-14,17H2,1-3H3;3-4,7-10,13-14,17,20H,5-6,11-12,15H2,1-2H3,(H,28,29);4-5,8-10,12H,2-3,6-7H2,1H3,(H,20,21)(H,17,18,19);4-5,8-10,12,14H,2-3,6-7H2,1H3;(H,6,7).